The third kappa shape index (κ3) is 4.07. The summed E-state index contributed by atoms with van der Waals surface area (Å²) in [6, 6.07) is 8.96. The highest BCUT2D eigenvalue weighted by atomic mass is 16.6. The van der Waals surface area contributed by atoms with Gasteiger partial charge in [-0.25, -0.2) is 0 Å². The Bertz CT molecular complexity index is 445. The zero-order valence-corrected chi connectivity index (χ0v) is 9.80. The van der Waals surface area contributed by atoms with Crippen molar-refractivity contribution < 1.29 is 19.0 Å². The third-order valence-corrected chi connectivity index (χ3v) is 2.41. The van der Waals surface area contributed by atoms with Crippen molar-refractivity contribution in [2.24, 2.45) is 0 Å². The zero-order valence-electron chi connectivity index (χ0n) is 9.80. The molecule has 0 amide bonds. The van der Waals surface area contributed by atoms with E-state index in [0.29, 0.717) is 6.61 Å². The fourth-order valence-electron chi connectivity index (χ4n) is 1.39. The van der Waals surface area contributed by atoms with Crippen LogP contribution in [0.3, 0.4) is 0 Å². The number of nitriles is 1. The van der Waals surface area contributed by atoms with Crippen molar-refractivity contribution in [2.75, 3.05) is 19.8 Å². The molecule has 0 N–H and O–H groups in total. The average Bonchev–Trinajstić information content (AvgIpc) is 3.20. The van der Waals surface area contributed by atoms with Crippen LogP contribution in [0.25, 0.3) is 0 Å². The highest BCUT2D eigenvalue weighted by Gasteiger charge is 2.22. The first kappa shape index (κ1) is 12.4. The summed E-state index contributed by atoms with van der Waals surface area (Å²) in [7, 11) is 0. The van der Waals surface area contributed by atoms with Crippen LogP contribution in [0, 0.1) is 11.3 Å². The summed E-state index contributed by atoms with van der Waals surface area (Å²) in [5.74, 6) is 0.344. The van der Waals surface area contributed by atoms with E-state index in [2.05, 4.69) is 4.74 Å². The lowest BCUT2D eigenvalue weighted by atomic mass is 10.1. The minimum atomic E-state index is -0.406. The minimum absolute atomic E-state index is 0.160. The quantitative estimate of drug-likeness (QED) is 0.555. The van der Waals surface area contributed by atoms with E-state index in [1.165, 1.54) is 0 Å². The molecule has 5 nitrogen and oxygen atoms in total. The Balaban J connectivity index is 1.79. The molecule has 1 atom stereocenters. The van der Waals surface area contributed by atoms with Crippen molar-refractivity contribution >= 4 is 5.97 Å². The monoisotopic (exact) mass is 247 g/mol. The van der Waals surface area contributed by atoms with Crippen LogP contribution in [0.4, 0.5) is 0 Å². The number of ether oxygens (including phenoxy) is 3. The van der Waals surface area contributed by atoms with Gasteiger partial charge in [-0.05, 0) is 17.7 Å². The lowest BCUT2D eigenvalue weighted by Crippen LogP contribution is -2.08. The molecule has 5 heteroatoms. The van der Waals surface area contributed by atoms with Crippen LogP contribution in [0.1, 0.15) is 5.56 Å². The van der Waals surface area contributed by atoms with Gasteiger partial charge in [0.15, 0.2) is 6.61 Å². The number of hydrogen-bond donors (Lipinski definition) is 0. The standard InChI is InChI=1S/C13H13NO4/c14-5-6-16-13(15)7-10-1-3-11(4-2-10)17-8-12-9-18-12/h1-4,12H,6-9H2/t12-/m0/s1. The molecular formula is C13H13NO4. The van der Waals surface area contributed by atoms with Gasteiger partial charge in [-0.3, -0.25) is 4.79 Å². The Morgan fingerprint density at radius 1 is 1.44 bits per heavy atom. The second-order valence-corrected chi connectivity index (χ2v) is 3.91. The SMILES string of the molecule is N#CCOC(=O)Cc1ccc(OC[C@H]2CO2)cc1. The van der Waals surface area contributed by atoms with Crippen LogP contribution in [0.5, 0.6) is 5.75 Å². The van der Waals surface area contributed by atoms with Gasteiger partial charge in [0.05, 0.1) is 13.0 Å². The summed E-state index contributed by atoms with van der Waals surface area (Å²) in [5.41, 5.74) is 0.827. The van der Waals surface area contributed by atoms with Crippen LogP contribution in [0.15, 0.2) is 24.3 Å². The summed E-state index contributed by atoms with van der Waals surface area (Å²) in [5, 5.41) is 8.27. The van der Waals surface area contributed by atoms with E-state index in [4.69, 9.17) is 14.7 Å². The molecule has 1 aromatic rings. The normalized spacial score (nSPS) is 16.7. The van der Waals surface area contributed by atoms with Gasteiger partial charge < -0.3 is 14.2 Å². The van der Waals surface area contributed by atoms with Crippen molar-refractivity contribution in [3.05, 3.63) is 29.8 Å². The maximum Gasteiger partial charge on any atom is 0.311 e. The molecule has 0 spiro atoms. The summed E-state index contributed by atoms with van der Waals surface area (Å²) in [4.78, 5) is 11.3. The van der Waals surface area contributed by atoms with Gasteiger partial charge in [-0.2, -0.15) is 5.26 Å². The van der Waals surface area contributed by atoms with Gasteiger partial charge in [0.2, 0.25) is 0 Å². The average molecular weight is 247 g/mol. The van der Waals surface area contributed by atoms with E-state index in [1.54, 1.807) is 30.3 Å². The first-order valence-electron chi connectivity index (χ1n) is 5.64. The first-order chi connectivity index (χ1) is 8.78. The Morgan fingerprint density at radius 2 is 2.17 bits per heavy atom. The molecule has 0 aromatic heterocycles. The number of carbonyl (C=O) groups is 1. The van der Waals surface area contributed by atoms with E-state index in [9.17, 15) is 4.79 Å². The predicted molar refractivity (Wildman–Crippen MR) is 62.0 cm³/mol. The number of carbonyl (C=O) groups excluding carboxylic acids is 1. The Labute approximate surface area is 105 Å². The predicted octanol–water partition coefficient (Wildman–Crippen LogP) is 1.07. The van der Waals surface area contributed by atoms with E-state index in [1.807, 2.05) is 0 Å². The number of nitrogens with zero attached hydrogens (tertiary/aromatic N) is 1. The van der Waals surface area contributed by atoms with Gasteiger partial charge >= 0.3 is 5.97 Å². The number of hydrogen-bond acceptors (Lipinski definition) is 5. The van der Waals surface area contributed by atoms with Crippen molar-refractivity contribution in [1.29, 1.82) is 5.26 Å². The third-order valence-electron chi connectivity index (χ3n) is 2.41. The maximum absolute atomic E-state index is 11.3. The van der Waals surface area contributed by atoms with Gasteiger partial charge in [-0.15, -0.1) is 0 Å². The highest BCUT2D eigenvalue weighted by molar-refractivity contribution is 5.72. The highest BCUT2D eigenvalue weighted by Crippen LogP contribution is 2.16. The zero-order chi connectivity index (χ0) is 12.8. The molecule has 0 unspecified atom stereocenters. The molecule has 94 valence electrons. The molecule has 0 saturated carbocycles. The topological polar surface area (TPSA) is 71.8 Å². The Kier molecular flexibility index (Phi) is 4.15. The maximum atomic E-state index is 11.3. The molecule has 0 bridgehead atoms. The number of rotatable bonds is 6. The molecule has 1 heterocycles. The first-order valence-corrected chi connectivity index (χ1v) is 5.64. The molecule has 0 aliphatic carbocycles. The fraction of sp³-hybridized carbons (Fsp3) is 0.385. The van der Waals surface area contributed by atoms with E-state index in [0.717, 1.165) is 17.9 Å². The van der Waals surface area contributed by atoms with Crippen LogP contribution in [0.2, 0.25) is 0 Å². The number of esters is 1. The summed E-state index contributed by atoms with van der Waals surface area (Å²) in [6.07, 6.45) is 0.388. The van der Waals surface area contributed by atoms with Gasteiger partial charge in [-0.1, -0.05) is 12.1 Å². The van der Waals surface area contributed by atoms with E-state index in [-0.39, 0.29) is 19.1 Å². The van der Waals surface area contributed by atoms with Crippen LogP contribution >= 0.6 is 0 Å². The van der Waals surface area contributed by atoms with Crippen molar-refractivity contribution in [3.8, 4) is 11.8 Å². The van der Waals surface area contributed by atoms with Crippen LogP contribution in [-0.2, 0) is 20.7 Å². The van der Waals surface area contributed by atoms with E-state index < -0.39 is 5.97 Å². The largest absolute Gasteiger partial charge is 0.491 e. The molecule has 18 heavy (non-hydrogen) atoms. The molecule has 0 radical (unpaired) electrons. The van der Waals surface area contributed by atoms with Gasteiger partial charge in [0.1, 0.15) is 24.5 Å². The van der Waals surface area contributed by atoms with E-state index >= 15 is 0 Å². The molecule has 2 rings (SSSR count). The van der Waals surface area contributed by atoms with Crippen molar-refractivity contribution in [2.45, 2.75) is 12.5 Å². The smallest absolute Gasteiger partial charge is 0.311 e. The molecular weight excluding hydrogens is 234 g/mol. The minimum Gasteiger partial charge on any atom is -0.491 e. The Morgan fingerprint density at radius 3 is 2.78 bits per heavy atom. The van der Waals surface area contributed by atoms with Crippen LogP contribution in [-0.4, -0.2) is 31.9 Å². The molecule has 1 fully saturated rings. The van der Waals surface area contributed by atoms with Crippen molar-refractivity contribution in [3.63, 3.8) is 0 Å². The van der Waals surface area contributed by atoms with Gasteiger partial charge in [0.25, 0.3) is 0 Å². The molecule has 1 aliphatic rings. The van der Waals surface area contributed by atoms with Crippen LogP contribution < -0.4 is 4.74 Å². The second-order valence-electron chi connectivity index (χ2n) is 3.91. The summed E-state index contributed by atoms with van der Waals surface area (Å²) >= 11 is 0. The Hall–Kier alpha value is -2.06. The number of benzene rings is 1. The molecule has 1 aromatic carbocycles. The van der Waals surface area contributed by atoms with Crippen molar-refractivity contribution in [1.82, 2.24) is 0 Å². The lowest BCUT2D eigenvalue weighted by molar-refractivity contribution is -0.141. The second kappa shape index (κ2) is 6.03. The lowest BCUT2D eigenvalue weighted by Gasteiger charge is -2.05. The summed E-state index contributed by atoms with van der Waals surface area (Å²) < 4.78 is 15.2. The molecule has 1 saturated heterocycles. The molecule has 1 aliphatic heterocycles. The fourth-order valence-corrected chi connectivity index (χ4v) is 1.39. The van der Waals surface area contributed by atoms with Gasteiger partial charge in [0, 0.05) is 0 Å². The number of epoxide rings is 1. The summed E-state index contributed by atoms with van der Waals surface area (Å²) in [6.45, 7) is 1.12.